The molecule has 0 spiro atoms. The Bertz CT molecular complexity index is 2240. The largest absolute Gasteiger partial charge is 0.465 e. The van der Waals surface area contributed by atoms with Gasteiger partial charge in [0.2, 0.25) is 11.8 Å². The molecule has 2 aliphatic rings. The molecule has 5 aromatic rings. The van der Waals surface area contributed by atoms with Crippen molar-refractivity contribution in [3.8, 4) is 0 Å². The summed E-state index contributed by atoms with van der Waals surface area (Å²) in [5.74, 6) is -0.460. The van der Waals surface area contributed by atoms with E-state index in [9.17, 15) is 24.3 Å². The van der Waals surface area contributed by atoms with Gasteiger partial charge in [-0.05, 0) is 85.0 Å². The van der Waals surface area contributed by atoms with E-state index in [0.29, 0.717) is 37.3 Å². The van der Waals surface area contributed by atoms with Crippen LogP contribution in [0.1, 0.15) is 86.2 Å². The molecule has 0 unspecified atom stereocenters. The molecule has 3 atom stereocenters. The molecule has 0 saturated heterocycles. The number of rotatable bonds is 10. The van der Waals surface area contributed by atoms with Crippen LogP contribution < -0.4 is 25.3 Å². The van der Waals surface area contributed by atoms with Crippen LogP contribution in [0, 0.1) is 5.92 Å². The molecule has 13 nitrogen and oxygen atoms in total. The number of amides is 4. The Morgan fingerprint density at radius 2 is 1.54 bits per heavy atom. The van der Waals surface area contributed by atoms with Gasteiger partial charge in [-0.15, -0.1) is 5.10 Å². The summed E-state index contributed by atoms with van der Waals surface area (Å²) in [7, 11) is 0. The first-order valence-corrected chi connectivity index (χ1v) is 19.0. The van der Waals surface area contributed by atoms with Crippen molar-refractivity contribution in [1.82, 2.24) is 15.0 Å². The van der Waals surface area contributed by atoms with Crippen LogP contribution >= 0.6 is 0 Å². The summed E-state index contributed by atoms with van der Waals surface area (Å²) in [6.45, 7) is 8.42. The number of anilines is 5. The summed E-state index contributed by atoms with van der Waals surface area (Å²) in [5, 5.41) is 25.1. The van der Waals surface area contributed by atoms with Crippen LogP contribution in [-0.2, 0) is 16.1 Å². The molecule has 3 N–H and O–H groups in total. The lowest BCUT2D eigenvalue weighted by atomic mass is 9.91. The van der Waals surface area contributed by atoms with Crippen LogP contribution in [0.3, 0.4) is 0 Å². The van der Waals surface area contributed by atoms with Crippen molar-refractivity contribution < 1.29 is 24.3 Å². The molecule has 0 aliphatic carbocycles. The summed E-state index contributed by atoms with van der Waals surface area (Å²) in [4.78, 5) is 56.4. The summed E-state index contributed by atoms with van der Waals surface area (Å²) < 4.78 is 1.56. The number of hydrogen-bond donors (Lipinski definition) is 3. The Labute approximate surface area is 325 Å². The lowest BCUT2D eigenvalue weighted by Gasteiger charge is -2.40. The minimum Gasteiger partial charge on any atom is -0.465 e. The molecular formula is C43H46N8O5. The van der Waals surface area contributed by atoms with Crippen LogP contribution in [0.5, 0.6) is 0 Å². The number of para-hydroxylation sites is 2. The van der Waals surface area contributed by atoms with Crippen LogP contribution in [0.2, 0.25) is 0 Å². The van der Waals surface area contributed by atoms with Gasteiger partial charge in [-0.3, -0.25) is 19.3 Å². The Morgan fingerprint density at radius 3 is 2.21 bits per heavy atom. The predicted octanol–water partition coefficient (Wildman–Crippen LogP) is 7.89. The number of nitrogens with one attached hydrogen (secondary N) is 2. The van der Waals surface area contributed by atoms with Gasteiger partial charge in [-0.1, -0.05) is 74.5 Å². The highest BCUT2D eigenvalue weighted by molar-refractivity contribution is 6.02. The summed E-state index contributed by atoms with van der Waals surface area (Å²) in [6.07, 6.45) is 2.16. The second-order valence-electron chi connectivity index (χ2n) is 14.6. The van der Waals surface area contributed by atoms with Gasteiger partial charge in [0.05, 0.1) is 24.8 Å². The molecule has 4 aromatic carbocycles. The zero-order valence-electron chi connectivity index (χ0n) is 31.9. The van der Waals surface area contributed by atoms with E-state index in [1.54, 1.807) is 27.9 Å². The van der Waals surface area contributed by atoms with Gasteiger partial charge >= 0.3 is 6.09 Å². The van der Waals surface area contributed by atoms with Crippen LogP contribution in [0.25, 0.3) is 0 Å². The maximum absolute atomic E-state index is 13.1. The van der Waals surface area contributed by atoms with Crippen LogP contribution in [0.15, 0.2) is 103 Å². The fraction of sp³-hybridized carbons (Fsp3) is 0.302. The molecule has 7 rings (SSSR count). The highest BCUT2D eigenvalue weighted by Gasteiger charge is 2.36. The van der Waals surface area contributed by atoms with Gasteiger partial charge in [0.1, 0.15) is 0 Å². The minimum atomic E-state index is -1.08. The maximum atomic E-state index is 13.1. The second-order valence-corrected chi connectivity index (χ2v) is 14.6. The number of fused-ring (bicyclic) bond motifs is 2. The molecule has 13 heteroatoms. The van der Waals surface area contributed by atoms with E-state index in [1.807, 2.05) is 105 Å². The highest BCUT2D eigenvalue weighted by Crippen LogP contribution is 2.41. The first-order valence-electron chi connectivity index (χ1n) is 19.0. The smallest absolute Gasteiger partial charge is 0.412 e. The second kappa shape index (κ2) is 16.1. The topological polar surface area (TPSA) is 153 Å². The number of hydrogen-bond acceptors (Lipinski definition) is 7. The van der Waals surface area contributed by atoms with E-state index in [4.69, 9.17) is 0 Å². The maximum Gasteiger partial charge on any atom is 0.412 e. The van der Waals surface area contributed by atoms with Gasteiger partial charge in [0.25, 0.3) is 5.91 Å². The van der Waals surface area contributed by atoms with Crippen molar-refractivity contribution in [1.29, 1.82) is 0 Å². The molecular weight excluding hydrogens is 709 g/mol. The van der Waals surface area contributed by atoms with E-state index in [-0.39, 0.29) is 35.5 Å². The average molecular weight is 755 g/mol. The van der Waals surface area contributed by atoms with Crippen molar-refractivity contribution in [3.63, 3.8) is 0 Å². The van der Waals surface area contributed by atoms with E-state index in [1.165, 1.54) is 4.90 Å². The Hall–Kier alpha value is -6.50. The predicted molar refractivity (Wildman–Crippen MR) is 216 cm³/mol. The van der Waals surface area contributed by atoms with Crippen LogP contribution in [0.4, 0.5) is 33.2 Å². The number of nitrogens with zero attached hydrogens (tertiary/aromatic N) is 6. The van der Waals surface area contributed by atoms with E-state index >= 15 is 0 Å². The molecule has 1 aromatic heterocycles. The Morgan fingerprint density at radius 1 is 0.875 bits per heavy atom. The molecule has 56 heavy (non-hydrogen) atoms. The monoisotopic (exact) mass is 754 g/mol. The van der Waals surface area contributed by atoms with Crippen LogP contribution in [-0.4, -0.2) is 56.5 Å². The number of carbonyl (C=O) groups excluding carboxylic acids is 3. The number of carboxylic acid groups (broad SMARTS) is 1. The molecule has 0 bridgehead atoms. The van der Waals surface area contributed by atoms with Crippen molar-refractivity contribution in [2.75, 3.05) is 31.9 Å². The zero-order chi connectivity index (χ0) is 39.5. The average Bonchev–Trinajstić information content (AvgIpc) is 3.67. The molecule has 0 fully saturated rings. The Kier molecular flexibility index (Phi) is 10.9. The van der Waals surface area contributed by atoms with Gasteiger partial charge in [-0.25, -0.2) is 9.48 Å². The molecule has 0 radical (unpaired) electrons. The number of carbonyl (C=O) groups is 4. The lowest BCUT2D eigenvalue weighted by Crippen LogP contribution is -2.44. The molecule has 3 heterocycles. The van der Waals surface area contributed by atoms with Gasteiger partial charge in [0, 0.05) is 53.4 Å². The molecule has 288 valence electrons. The third-order valence-corrected chi connectivity index (χ3v) is 10.5. The fourth-order valence-electron chi connectivity index (χ4n) is 7.75. The highest BCUT2D eigenvalue weighted by atomic mass is 16.4. The number of aromatic nitrogens is 3. The third kappa shape index (κ3) is 7.70. The van der Waals surface area contributed by atoms with Crippen molar-refractivity contribution in [2.24, 2.45) is 5.92 Å². The summed E-state index contributed by atoms with van der Waals surface area (Å²) in [6, 6.07) is 29.7. The van der Waals surface area contributed by atoms with Gasteiger partial charge in [0.15, 0.2) is 5.69 Å². The van der Waals surface area contributed by atoms with E-state index in [2.05, 4.69) is 33.9 Å². The van der Waals surface area contributed by atoms with E-state index in [0.717, 1.165) is 40.2 Å². The first-order chi connectivity index (χ1) is 27.0. The standard InChI is InChI=1S/C43H46N8O5/c1-5-40(52)50-28(4)24-35(33-10-6-9-13-38(33)50)44-30-16-18-31(19-17-30)45-41(53)36-26-48(47-46-36)25-29-14-20-32(21-15-29)51(43(55)56)39-22-23-49(42(54)27(2)3)37-12-8-7-11-34(37)39/h6-21,26-28,35,39,44H,5,22-25H2,1-4H3,(H,45,53)(H,55,56)/t28-,35+,39+/m0/s1. The molecule has 0 saturated carbocycles. The molecule has 4 amide bonds. The van der Waals surface area contributed by atoms with Gasteiger partial charge in [-0.2, -0.15) is 0 Å². The first kappa shape index (κ1) is 37.8. The minimum absolute atomic E-state index is 0.00920. The fourth-order valence-corrected chi connectivity index (χ4v) is 7.75. The third-order valence-electron chi connectivity index (χ3n) is 10.5. The van der Waals surface area contributed by atoms with Crippen molar-refractivity contribution in [3.05, 3.63) is 126 Å². The van der Waals surface area contributed by atoms with E-state index < -0.39 is 18.0 Å². The Balaban J connectivity index is 0.975. The van der Waals surface area contributed by atoms with Crippen molar-refractivity contribution >= 4 is 52.3 Å². The number of benzene rings is 4. The summed E-state index contributed by atoms with van der Waals surface area (Å²) in [5.41, 5.74) is 6.54. The quantitative estimate of drug-likeness (QED) is 0.130. The summed E-state index contributed by atoms with van der Waals surface area (Å²) >= 11 is 0. The normalized spacial score (nSPS) is 17.5. The van der Waals surface area contributed by atoms with Gasteiger partial charge < -0.3 is 25.5 Å². The lowest BCUT2D eigenvalue weighted by molar-refractivity contribution is -0.121. The SMILES string of the molecule is CCC(=O)N1c2ccccc2[C@H](Nc2ccc(NC(=O)c3cn(Cc4ccc(N(C(=O)O)[C@@H]5CCN(C(=O)C(C)C)c6ccccc65)cc4)nn3)cc2)C[C@@H]1C. The van der Waals surface area contributed by atoms with Crippen molar-refractivity contribution in [2.45, 2.75) is 71.6 Å². The molecule has 2 aliphatic heterocycles. The zero-order valence-corrected chi connectivity index (χ0v) is 31.9.